The lowest BCUT2D eigenvalue weighted by molar-refractivity contribution is 0.313. The van der Waals surface area contributed by atoms with E-state index in [1.165, 1.54) is 29.3 Å². The molecule has 1 N–H and O–H groups in total. The molecular weight excluding hydrogens is 238 g/mol. The maximum Gasteiger partial charge on any atom is 0.0305 e. The molecule has 14 heavy (non-hydrogen) atoms. The number of hydrogen-bond acceptors (Lipinski definition) is 1. The lowest BCUT2D eigenvalue weighted by atomic mass is 9.92. The van der Waals surface area contributed by atoms with Gasteiger partial charge in [-0.3, -0.25) is 0 Å². The fraction of sp³-hybridized carbons (Fsp3) is 0.500. The minimum absolute atomic E-state index is 0.455. The maximum absolute atomic E-state index is 3.64. The summed E-state index contributed by atoms with van der Waals surface area (Å²) in [4.78, 5) is 0. The summed E-state index contributed by atoms with van der Waals surface area (Å²) >= 11 is 3.59. The van der Waals surface area contributed by atoms with Gasteiger partial charge >= 0.3 is 0 Å². The van der Waals surface area contributed by atoms with Crippen molar-refractivity contribution in [1.82, 2.24) is 5.32 Å². The zero-order chi connectivity index (χ0) is 9.97. The van der Waals surface area contributed by atoms with Gasteiger partial charge in [0.1, 0.15) is 0 Å². The van der Waals surface area contributed by atoms with Crippen molar-refractivity contribution in [3.8, 4) is 0 Å². The molecule has 2 heteroatoms. The highest BCUT2D eigenvalue weighted by atomic mass is 79.9. The van der Waals surface area contributed by atoms with Crippen molar-refractivity contribution in [2.45, 2.75) is 38.3 Å². The molecule has 0 amide bonds. The van der Waals surface area contributed by atoms with E-state index in [9.17, 15) is 0 Å². The van der Waals surface area contributed by atoms with Gasteiger partial charge in [-0.25, -0.2) is 0 Å². The molecule has 0 saturated heterocycles. The lowest BCUT2D eigenvalue weighted by Gasteiger charge is -2.30. The fourth-order valence-electron chi connectivity index (χ4n) is 1.84. The topological polar surface area (TPSA) is 12.0 Å². The van der Waals surface area contributed by atoms with Gasteiger partial charge in [0.15, 0.2) is 0 Å². The molecule has 1 unspecified atom stereocenters. The van der Waals surface area contributed by atoms with E-state index in [4.69, 9.17) is 0 Å². The van der Waals surface area contributed by atoms with Crippen molar-refractivity contribution < 1.29 is 0 Å². The van der Waals surface area contributed by atoms with Crippen LogP contribution >= 0.6 is 15.9 Å². The third-order valence-corrected chi connectivity index (χ3v) is 3.68. The fourth-order valence-corrected chi connectivity index (χ4v) is 2.47. The Morgan fingerprint density at radius 3 is 2.64 bits per heavy atom. The maximum atomic E-state index is 3.64. The van der Waals surface area contributed by atoms with Crippen molar-refractivity contribution in [1.29, 1.82) is 0 Å². The van der Waals surface area contributed by atoms with Crippen LogP contribution in [0.4, 0.5) is 0 Å². The smallest absolute Gasteiger partial charge is 0.0305 e. The zero-order valence-electron chi connectivity index (χ0n) is 8.46. The Kier molecular flexibility index (Phi) is 3.24. The van der Waals surface area contributed by atoms with Crippen LogP contribution in [0, 0.1) is 0 Å². The van der Waals surface area contributed by atoms with Gasteiger partial charge in [0.05, 0.1) is 0 Å². The van der Waals surface area contributed by atoms with E-state index >= 15 is 0 Å². The molecule has 0 aromatic heterocycles. The summed E-state index contributed by atoms with van der Waals surface area (Å²) < 4.78 is 1.21. The van der Waals surface area contributed by atoms with E-state index < -0.39 is 0 Å². The van der Waals surface area contributed by atoms with Crippen LogP contribution in [0.3, 0.4) is 0 Å². The Hall–Kier alpha value is -0.340. The van der Waals surface area contributed by atoms with Gasteiger partial charge in [-0.05, 0) is 31.4 Å². The van der Waals surface area contributed by atoms with Crippen LogP contribution in [0.25, 0.3) is 0 Å². The van der Waals surface area contributed by atoms with E-state index in [-0.39, 0.29) is 0 Å². The largest absolute Gasteiger partial charge is 0.307 e. The average Bonchev–Trinajstić information content (AvgIpc) is 2.12. The molecule has 0 radical (unpaired) electrons. The van der Waals surface area contributed by atoms with Crippen molar-refractivity contribution in [3.05, 3.63) is 34.3 Å². The van der Waals surface area contributed by atoms with E-state index in [0.717, 1.165) is 6.04 Å². The Bertz CT molecular complexity index is 307. The van der Waals surface area contributed by atoms with Crippen LogP contribution in [-0.4, -0.2) is 6.04 Å². The molecule has 0 aliphatic heterocycles. The molecule has 1 saturated carbocycles. The quantitative estimate of drug-likeness (QED) is 0.868. The molecule has 1 atom stereocenters. The van der Waals surface area contributed by atoms with Crippen LogP contribution in [0.5, 0.6) is 0 Å². The first-order valence-corrected chi connectivity index (χ1v) is 6.07. The summed E-state index contributed by atoms with van der Waals surface area (Å²) in [6.45, 7) is 2.23. The number of hydrogen-bond donors (Lipinski definition) is 1. The molecule has 0 heterocycles. The lowest BCUT2D eigenvalue weighted by Crippen LogP contribution is -2.36. The normalized spacial score (nSPS) is 19.0. The SMILES string of the molecule is CC(NC1CCC1)c1ccccc1Br. The predicted molar refractivity (Wildman–Crippen MR) is 63.3 cm³/mol. The van der Waals surface area contributed by atoms with Crippen molar-refractivity contribution >= 4 is 15.9 Å². The molecule has 0 spiro atoms. The molecule has 1 aromatic carbocycles. The first-order valence-electron chi connectivity index (χ1n) is 5.28. The molecule has 1 nitrogen and oxygen atoms in total. The summed E-state index contributed by atoms with van der Waals surface area (Å²) in [5.74, 6) is 0. The van der Waals surface area contributed by atoms with Gasteiger partial charge in [0.2, 0.25) is 0 Å². The molecule has 1 aromatic rings. The van der Waals surface area contributed by atoms with E-state index in [2.05, 4.69) is 52.4 Å². The highest BCUT2D eigenvalue weighted by molar-refractivity contribution is 9.10. The van der Waals surface area contributed by atoms with Gasteiger partial charge in [-0.1, -0.05) is 40.5 Å². The highest BCUT2D eigenvalue weighted by Crippen LogP contribution is 2.26. The van der Waals surface area contributed by atoms with Gasteiger partial charge in [-0.2, -0.15) is 0 Å². The van der Waals surface area contributed by atoms with Crippen molar-refractivity contribution in [3.63, 3.8) is 0 Å². The van der Waals surface area contributed by atoms with Crippen molar-refractivity contribution in [2.24, 2.45) is 0 Å². The molecule has 76 valence electrons. The van der Waals surface area contributed by atoms with Gasteiger partial charge in [0, 0.05) is 16.6 Å². The highest BCUT2D eigenvalue weighted by Gasteiger charge is 2.20. The number of rotatable bonds is 3. The minimum Gasteiger partial charge on any atom is -0.307 e. The van der Waals surface area contributed by atoms with Crippen LogP contribution < -0.4 is 5.32 Å². The number of halogens is 1. The summed E-state index contributed by atoms with van der Waals surface area (Å²) in [7, 11) is 0. The Morgan fingerprint density at radius 1 is 1.36 bits per heavy atom. The summed E-state index contributed by atoms with van der Waals surface area (Å²) in [6, 6.07) is 9.64. The second-order valence-corrected chi connectivity index (χ2v) is 4.89. The Balaban J connectivity index is 2.02. The van der Waals surface area contributed by atoms with Crippen LogP contribution in [0.15, 0.2) is 28.7 Å². The summed E-state index contributed by atoms with van der Waals surface area (Å²) in [5, 5.41) is 3.64. The molecule has 0 bridgehead atoms. The van der Waals surface area contributed by atoms with Gasteiger partial charge in [-0.15, -0.1) is 0 Å². The molecule has 1 fully saturated rings. The van der Waals surface area contributed by atoms with Gasteiger partial charge < -0.3 is 5.32 Å². The third-order valence-electron chi connectivity index (χ3n) is 2.96. The summed E-state index contributed by atoms with van der Waals surface area (Å²) in [6.07, 6.45) is 4.07. The molecule has 2 rings (SSSR count). The Morgan fingerprint density at radius 2 is 2.07 bits per heavy atom. The second kappa shape index (κ2) is 4.45. The van der Waals surface area contributed by atoms with E-state index in [1.54, 1.807) is 0 Å². The third kappa shape index (κ3) is 2.18. The Labute approximate surface area is 94.0 Å². The molecular formula is C12H16BrN. The van der Waals surface area contributed by atoms with Crippen molar-refractivity contribution in [2.75, 3.05) is 0 Å². The molecule has 1 aliphatic rings. The summed E-state index contributed by atoms with van der Waals surface area (Å²) in [5.41, 5.74) is 1.36. The van der Waals surface area contributed by atoms with Gasteiger partial charge in [0.25, 0.3) is 0 Å². The van der Waals surface area contributed by atoms with Crippen LogP contribution in [-0.2, 0) is 0 Å². The van der Waals surface area contributed by atoms with Crippen LogP contribution in [0.2, 0.25) is 0 Å². The van der Waals surface area contributed by atoms with E-state index in [0.29, 0.717) is 6.04 Å². The first-order chi connectivity index (χ1) is 6.77. The van der Waals surface area contributed by atoms with E-state index in [1.807, 2.05) is 0 Å². The van der Waals surface area contributed by atoms with Crippen LogP contribution in [0.1, 0.15) is 37.8 Å². The first kappa shape index (κ1) is 10.2. The minimum atomic E-state index is 0.455. The predicted octanol–water partition coefficient (Wildman–Crippen LogP) is 3.65. The number of benzene rings is 1. The monoisotopic (exact) mass is 253 g/mol. The molecule has 1 aliphatic carbocycles. The average molecular weight is 254 g/mol. The standard InChI is InChI=1S/C12H16BrN/c1-9(14-10-5-4-6-10)11-7-2-3-8-12(11)13/h2-3,7-10,14H,4-6H2,1H3. The zero-order valence-corrected chi connectivity index (χ0v) is 10.0. The second-order valence-electron chi connectivity index (χ2n) is 4.04. The number of nitrogens with one attached hydrogen (secondary N) is 1.